The molecule has 1 aromatic carbocycles. The van der Waals surface area contributed by atoms with Crippen LogP contribution in [0.15, 0.2) is 24.8 Å². The first-order valence-electron chi connectivity index (χ1n) is 7.61. The number of rotatable bonds is 7. The van der Waals surface area contributed by atoms with Crippen LogP contribution in [0.3, 0.4) is 0 Å². The van der Waals surface area contributed by atoms with E-state index in [2.05, 4.69) is 22.9 Å². The van der Waals surface area contributed by atoms with E-state index in [0.29, 0.717) is 11.5 Å². The summed E-state index contributed by atoms with van der Waals surface area (Å²) in [6.45, 7) is 7.94. The minimum atomic E-state index is 0.231. The van der Waals surface area contributed by atoms with E-state index in [9.17, 15) is 0 Å². The lowest BCUT2D eigenvalue weighted by Crippen LogP contribution is -2.45. The Hall–Kier alpha value is -1.72. The Balaban J connectivity index is 2.43. The zero-order chi connectivity index (χ0) is 15.9. The molecule has 1 saturated heterocycles. The van der Waals surface area contributed by atoms with Crippen molar-refractivity contribution in [2.24, 2.45) is 0 Å². The quantitative estimate of drug-likeness (QED) is 0.783. The van der Waals surface area contributed by atoms with E-state index < -0.39 is 0 Å². The van der Waals surface area contributed by atoms with Gasteiger partial charge in [-0.2, -0.15) is 0 Å². The van der Waals surface area contributed by atoms with Gasteiger partial charge in [0.1, 0.15) is 0 Å². The number of ether oxygens (including phenoxy) is 3. The van der Waals surface area contributed by atoms with Gasteiger partial charge in [-0.05, 0) is 18.6 Å². The Morgan fingerprint density at radius 1 is 1.14 bits per heavy atom. The molecule has 0 bridgehead atoms. The SMILES string of the molecule is C=CC[C@@H](c1ccc(OC)c(OC)c1OC)N1CCNCC1. The standard InChI is InChI=1S/C17H26N2O3/c1-5-6-14(19-11-9-18-10-12-19)13-7-8-15(20-2)17(22-4)16(13)21-3/h5,7-8,14,18H,1,6,9-12H2,2-4H3/t14-/m0/s1. The van der Waals surface area contributed by atoms with E-state index in [4.69, 9.17) is 14.2 Å². The monoisotopic (exact) mass is 306 g/mol. The maximum Gasteiger partial charge on any atom is 0.203 e. The molecule has 0 aromatic heterocycles. The minimum absolute atomic E-state index is 0.231. The molecule has 5 heteroatoms. The van der Waals surface area contributed by atoms with Gasteiger partial charge in [-0.15, -0.1) is 6.58 Å². The second-order valence-electron chi connectivity index (χ2n) is 5.25. The van der Waals surface area contributed by atoms with Crippen molar-refractivity contribution in [2.45, 2.75) is 12.5 Å². The van der Waals surface area contributed by atoms with Crippen LogP contribution in [-0.4, -0.2) is 52.4 Å². The van der Waals surface area contributed by atoms with Gasteiger partial charge in [0, 0.05) is 37.8 Å². The van der Waals surface area contributed by atoms with Crippen LogP contribution >= 0.6 is 0 Å². The normalized spacial score (nSPS) is 16.9. The third kappa shape index (κ3) is 3.36. The van der Waals surface area contributed by atoms with Gasteiger partial charge in [0.2, 0.25) is 5.75 Å². The van der Waals surface area contributed by atoms with Gasteiger partial charge in [0.25, 0.3) is 0 Å². The van der Waals surface area contributed by atoms with Crippen LogP contribution in [-0.2, 0) is 0 Å². The van der Waals surface area contributed by atoms with E-state index in [-0.39, 0.29) is 6.04 Å². The molecule has 0 spiro atoms. The number of piperazine rings is 1. The zero-order valence-electron chi connectivity index (χ0n) is 13.7. The molecule has 1 aliphatic rings. The van der Waals surface area contributed by atoms with E-state index >= 15 is 0 Å². The van der Waals surface area contributed by atoms with Crippen LogP contribution in [0.1, 0.15) is 18.0 Å². The topological polar surface area (TPSA) is 43.0 Å². The Morgan fingerprint density at radius 3 is 2.36 bits per heavy atom. The second kappa shape index (κ2) is 8.06. The molecule has 1 fully saturated rings. The van der Waals surface area contributed by atoms with Crippen molar-refractivity contribution in [3.05, 3.63) is 30.4 Å². The summed E-state index contributed by atoms with van der Waals surface area (Å²) in [6, 6.07) is 4.24. The smallest absolute Gasteiger partial charge is 0.203 e. The molecular formula is C17H26N2O3. The first kappa shape index (κ1) is 16.6. The van der Waals surface area contributed by atoms with Crippen LogP contribution in [0.5, 0.6) is 17.2 Å². The van der Waals surface area contributed by atoms with Crippen molar-refractivity contribution >= 4 is 0 Å². The molecule has 1 aromatic rings. The lowest BCUT2D eigenvalue weighted by Gasteiger charge is -2.35. The summed E-state index contributed by atoms with van der Waals surface area (Å²) in [6.07, 6.45) is 2.83. The molecule has 1 heterocycles. The summed E-state index contributed by atoms with van der Waals surface area (Å²) in [4.78, 5) is 2.46. The largest absolute Gasteiger partial charge is 0.493 e. The molecule has 22 heavy (non-hydrogen) atoms. The van der Waals surface area contributed by atoms with E-state index in [0.717, 1.165) is 43.9 Å². The van der Waals surface area contributed by atoms with Gasteiger partial charge in [-0.1, -0.05) is 6.08 Å². The molecule has 1 N–H and O–H groups in total. The highest BCUT2D eigenvalue weighted by molar-refractivity contribution is 5.56. The third-order valence-corrected chi connectivity index (χ3v) is 4.08. The molecule has 5 nitrogen and oxygen atoms in total. The number of benzene rings is 1. The maximum absolute atomic E-state index is 5.65. The molecule has 0 amide bonds. The molecule has 0 aliphatic carbocycles. The molecule has 122 valence electrons. The number of hydrogen-bond donors (Lipinski definition) is 1. The summed E-state index contributed by atoms with van der Waals surface area (Å²) in [5, 5.41) is 3.39. The highest BCUT2D eigenvalue weighted by Gasteiger charge is 2.27. The molecule has 0 saturated carbocycles. The van der Waals surface area contributed by atoms with Crippen molar-refractivity contribution in [2.75, 3.05) is 47.5 Å². The van der Waals surface area contributed by atoms with Gasteiger partial charge in [0.15, 0.2) is 11.5 Å². The Morgan fingerprint density at radius 2 is 1.82 bits per heavy atom. The molecule has 1 atom stereocenters. The fourth-order valence-corrected chi connectivity index (χ4v) is 3.01. The third-order valence-electron chi connectivity index (χ3n) is 4.08. The summed E-state index contributed by atoms with van der Waals surface area (Å²) < 4.78 is 16.5. The average Bonchev–Trinajstić information content (AvgIpc) is 2.59. The van der Waals surface area contributed by atoms with Gasteiger partial charge in [0.05, 0.1) is 21.3 Å². The van der Waals surface area contributed by atoms with E-state index in [1.54, 1.807) is 21.3 Å². The number of hydrogen-bond acceptors (Lipinski definition) is 5. The molecule has 2 rings (SSSR count). The Labute approximate surface area is 132 Å². The van der Waals surface area contributed by atoms with Gasteiger partial charge < -0.3 is 19.5 Å². The van der Waals surface area contributed by atoms with Gasteiger partial charge >= 0.3 is 0 Å². The van der Waals surface area contributed by atoms with Gasteiger partial charge in [-0.25, -0.2) is 0 Å². The highest BCUT2D eigenvalue weighted by atomic mass is 16.5. The summed E-state index contributed by atoms with van der Waals surface area (Å²) in [7, 11) is 4.94. The van der Waals surface area contributed by atoms with Crippen molar-refractivity contribution in [3.8, 4) is 17.2 Å². The maximum atomic E-state index is 5.65. The number of nitrogens with one attached hydrogen (secondary N) is 1. The summed E-state index contributed by atoms with van der Waals surface area (Å²) in [5.41, 5.74) is 1.11. The Kier molecular flexibility index (Phi) is 6.10. The van der Waals surface area contributed by atoms with Crippen LogP contribution in [0.2, 0.25) is 0 Å². The average molecular weight is 306 g/mol. The predicted molar refractivity (Wildman–Crippen MR) is 88.1 cm³/mol. The molecule has 1 aliphatic heterocycles. The van der Waals surface area contributed by atoms with Crippen LogP contribution in [0.25, 0.3) is 0 Å². The lowest BCUT2D eigenvalue weighted by molar-refractivity contribution is 0.170. The van der Waals surface area contributed by atoms with Crippen LogP contribution in [0, 0.1) is 0 Å². The van der Waals surface area contributed by atoms with Crippen molar-refractivity contribution in [1.29, 1.82) is 0 Å². The molecule has 0 radical (unpaired) electrons. The number of methoxy groups -OCH3 is 3. The first-order valence-corrected chi connectivity index (χ1v) is 7.61. The first-order chi connectivity index (χ1) is 10.8. The van der Waals surface area contributed by atoms with Crippen molar-refractivity contribution < 1.29 is 14.2 Å². The van der Waals surface area contributed by atoms with Gasteiger partial charge in [-0.3, -0.25) is 4.90 Å². The van der Waals surface area contributed by atoms with Crippen LogP contribution < -0.4 is 19.5 Å². The minimum Gasteiger partial charge on any atom is -0.493 e. The highest BCUT2D eigenvalue weighted by Crippen LogP contribution is 2.44. The van der Waals surface area contributed by atoms with Crippen molar-refractivity contribution in [3.63, 3.8) is 0 Å². The fraction of sp³-hybridized carbons (Fsp3) is 0.529. The Bertz CT molecular complexity index is 499. The number of nitrogens with zero attached hydrogens (tertiary/aromatic N) is 1. The van der Waals surface area contributed by atoms with Crippen LogP contribution in [0.4, 0.5) is 0 Å². The summed E-state index contributed by atoms with van der Waals surface area (Å²) >= 11 is 0. The van der Waals surface area contributed by atoms with Crippen molar-refractivity contribution in [1.82, 2.24) is 10.2 Å². The molecule has 0 unspecified atom stereocenters. The van der Waals surface area contributed by atoms with E-state index in [1.807, 2.05) is 12.1 Å². The lowest BCUT2D eigenvalue weighted by atomic mass is 9.99. The fourth-order valence-electron chi connectivity index (χ4n) is 3.01. The van der Waals surface area contributed by atoms with E-state index in [1.165, 1.54) is 0 Å². The molecular weight excluding hydrogens is 280 g/mol. The zero-order valence-corrected chi connectivity index (χ0v) is 13.7. The summed E-state index contributed by atoms with van der Waals surface area (Å²) in [5.74, 6) is 2.07. The predicted octanol–water partition coefficient (Wildman–Crippen LogP) is 2.23. The second-order valence-corrected chi connectivity index (χ2v) is 5.25.